The van der Waals surface area contributed by atoms with Crippen LogP contribution in [0, 0.1) is 6.92 Å². The largest absolute Gasteiger partial charge is 0.373 e. The zero-order chi connectivity index (χ0) is 14.7. The Morgan fingerprint density at radius 2 is 1.75 bits per heavy atom. The van der Waals surface area contributed by atoms with Crippen molar-refractivity contribution in [2.75, 3.05) is 12.4 Å². The van der Waals surface area contributed by atoms with Gasteiger partial charge < -0.3 is 5.32 Å². The molecule has 1 N–H and O–H groups in total. The minimum Gasteiger partial charge on any atom is -0.373 e. The number of nitrogens with one attached hydrogen (secondary N) is 1. The number of carbonyl (C=O) groups is 2. The fourth-order valence-electron chi connectivity index (χ4n) is 2.07. The highest BCUT2D eigenvalue weighted by molar-refractivity contribution is 6.13. The molecule has 0 atom stereocenters. The molecule has 0 aliphatic carbocycles. The third-order valence-corrected chi connectivity index (χ3v) is 3.11. The van der Waals surface area contributed by atoms with Gasteiger partial charge in [-0.1, -0.05) is 30.3 Å². The van der Waals surface area contributed by atoms with Crippen LogP contribution in [0.2, 0.25) is 0 Å². The van der Waals surface area contributed by atoms with E-state index in [-0.39, 0.29) is 11.6 Å². The van der Waals surface area contributed by atoms with Crippen molar-refractivity contribution in [2.24, 2.45) is 0 Å². The lowest BCUT2D eigenvalue weighted by Crippen LogP contribution is -2.11. The van der Waals surface area contributed by atoms with Gasteiger partial charge in [0, 0.05) is 18.2 Å². The molecule has 1 aromatic carbocycles. The summed E-state index contributed by atoms with van der Waals surface area (Å²) in [6, 6.07) is 10.6. The molecular weight excluding hydrogens is 252 g/mol. The number of pyridine rings is 1. The Bertz CT molecular complexity index is 664. The van der Waals surface area contributed by atoms with E-state index in [0.29, 0.717) is 28.2 Å². The molecule has 0 saturated carbocycles. The predicted octanol–water partition coefficient (Wildman–Crippen LogP) is 2.87. The van der Waals surface area contributed by atoms with Crippen LogP contribution < -0.4 is 5.32 Å². The predicted molar refractivity (Wildman–Crippen MR) is 78.4 cm³/mol. The van der Waals surface area contributed by atoms with Crippen molar-refractivity contribution < 1.29 is 9.59 Å². The molecule has 0 spiro atoms. The Morgan fingerprint density at radius 3 is 2.30 bits per heavy atom. The number of hydrogen-bond acceptors (Lipinski definition) is 4. The first-order valence-electron chi connectivity index (χ1n) is 6.34. The van der Waals surface area contributed by atoms with Gasteiger partial charge in [0.1, 0.15) is 5.82 Å². The third kappa shape index (κ3) is 2.59. The highest BCUT2D eigenvalue weighted by Crippen LogP contribution is 2.21. The molecule has 102 valence electrons. The van der Waals surface area contributed by atoms with Crippen molar-refractivity contribution in [2.45, 2.75) is 13.8 Å². The standard InChI is InChI=1S/C16H16N2O2/c1-10-13(11(2)19)9-14(16(17-3)18-10)15(20)12-7-5-4-6-8-12/h4-9H,1-3H3,(H,17,18). The number of Topliss-reactive ketones (excluding diaryl/α,β-unsaturated/α-hetero) is 1. The zero-order valence-corrected chi connectivity index (χ0v) is 11.7. The van der Waals surface area contributed by atoms with E-state index < -0.39 is 0 Å². The summed E-state index contributed by atoms with van der Waals surface area (Å²) in [6.45, 7) is 3.23. The fraction of sp³-hybridized carbons (Fsp3) is 0.188. The Morgan fingerprint density at radius 1 is 1.10 bits per heavy atom. The molecule has 1 aromatic heterocycles. The van der Waals surface area contributed by atoms with Crippen LogP contribution in [0.3, 0.4) is 0 Å². The molecule has 0 fully saturated rings. The summed E-state index contributed by atoms with van der Waals surface area (Å²) in [7, 11) is 1.71. The van der Waals surface area contributed by atoms with Crippen molar-refractivity contribution in [3.05, 3.63) is 58.8 Å². The summed E-state index contributed by atoms with van der Waals surface area (Å²) in [5, 5.41) is 2.91. The number of ketones is 2. The van der Waals surface area contributed by atoms with E-state index in [4.69, 9.17) is 0 Å². The van der Waals surface area contributed by atoms with Crippen LogP contribution in [-0.2, 0) is 0 Å². The van der Waals surface area contributed by atoms with Crippen molar-refractivity contribution in [1.82, 2.24) is 4.98 Å². The second kappa shape index (κ2) is 5.65. The second-order valence-corrected chi connectivity index (χ2v) is 4.52. The maximum atomic E-state index is 12.5. The van der Waals surface area contributed by atoms with Gasteiger partial charge in [0.05, 0.1) is 11.3 Å². The van der Waals surface area contributed by atoms with Crippen LogP contribution in [0.5, 0.6) is 0 Å². The number of rotatable bonds is 4. The number of nitrogens with zero attached hydrogens (tertiary/aromatic N) is 1. The smallest absolute Gasteiger partial charge is 0.196 e. The molecule has 0 aliphatic heterocycles. The molecule has 0 aliphatic rings. The van der Waals surface area contributed by atoms with Crippen LogP contribution in [-0.4, -0.2) is 23.6 Å². The quantitative estimate of drug-likeness (QED) is 0.866. The zero-order valence-electron chi connectivity index (χ0n) is 11.7. The van der Waals surface area contributed by atoms with Crippen LogP contribution in [0.1, 0.15) is 38.9 Å². The number of benzene rings is 1. The topological polar surface area (TPSA) is 59.1 Å². The highest BCUT2D eigenvalue weighted by atomic mass is 16.1. The molecule has 4 nitrogen and oxygen atoms in total. The van der Waals surface area contributed by atoms with Crippen LogP contribution in [0.4, 0.5) is 5.82 Å². The van der Waals surface area contributed by atoms with Crippen molar-refractivity contribution in [3.63, 3.8) is 0 Å². The van der Waals surface area contributed by atoms with E-state index in [1.807, 2.05) is 6.07 Å². The van der Waals surface area contributed by atoms with Crippen LogP contribution in [0.25, 0.3) is 0 Å². The van der Waals surface area contributed by atoms with E-state index in [1.54, 1.807) is 44.3 Å². The third-order valence-electron chi connectivity index (χ3n) is 3.11. The van der Waals surface area contributed by atoms with Gasteiger partial charge in [-0.2, -0.15) is 0 Å². The second-order valence-electron chi connectivity index (χ2n) is 4.52. The van der Waals surface area contributed by atoms with Gasteiger partial charge in [-0.3, -0.25) is 9.59 Å². The molecule has 0 saturated heterocycles. The van der Waals surface area contributed by atoms with Gasteiger partial charge >= 0.3 is 0 Å². The summed E-state index contributed by atoms with van der Waals surface area (Å²) < 4.78 is 0. The van der Waals surface area contributed by atoms with Crippen LogP contribution in [0.15, 0.2) is 36.4 Å². The van der Waals surface area contributed by atoms with Crippen molar-refractivity contribution in [1.29, 1.82) is 0 Å². The number of aromatic nitrogens is 1. The Balaban J connectivity index is 2.58. The summed E-state index contributed by atoms with van der Waals surface area (Å²) in [4.78, 5) is 28.4. The van der Waals surface area contributed by atoms with Gasteiger partial charge in [-0.15, -0.1) is 0 Å². The van der Waals surface area contributed by atoms with E-state index in [9.17, 15) is 9.59 Å². The van der Waals surface area contributed by atoms with Crippen molar-refractivity contribution >= 4 is 17.4 Å². The molecule has 1 heterocycles. The Kier molecular flexibility index (Phi) is 3.94. The number of hydrogen-bond donors (Lipinski definition) is 1. The molecule has 2 aromatic rings. The maximum Gasteiger partial charge on any atom is 0.196 e. The summed E-state index contributed by atoms with van der Waals surface area (Å²) in [5.41, 5.74) is 2.08. The average Bonchev–Trinajstić information content (AvgIpc) is 2.46. The SMILES string of the molecule is CNc1nc(C)c(C(C)=O)cc1C(=O)c1ccccc1. The first-order chi connectivity index (χ1) is 9.54. The molecule has 0 radical (unpaired) electrons. The average molecular weight is 268 g/mol. The van der Waals surface area contributed by atoms with E-state index in [1.165, 1.54) is 6.92 Å². The summed E-state index contributed by atoms with van der Waals surface area (Å²) in [5.74, 6) is 0.242. The first kappa shape index (κ1) is 13.9. The fourth-order valence-corrected chi connectivity index (χ4v) is 2.07. The summed E-state index contributed by atoms with van der Waals surface area (Å²) >= 11 is 0. The molecular formula is C16H16N2O2. The van der Waals surface area contributed by atoms with Gasteiger partial charge in [-0.05, 0) is 19.9 Å². The molecule has 20 heavy (non-hydrogen) atoms. The lowest BCUT2D eigenvalue weighted by Gasteiger charge is -2.11. The van der Waals surface area contributed by atoms with E-state index >= 15 is 0 Å². The molecule has 2 rings (SSSR count). The Labute approximate surface area is 117 Å². The number of aryl methyl sites for hydroxylation is 1. The monoisotopic (exact) mass is 268 g/mol. The maximum absolute atomic E-state index is 12.5. The minimum atomic E-state index is -0.148. The highest BCUT2D eigenvalue weighted by Gasteiger charge is 2.18. The molecule has 0 amide bonds. The van der Waals surface area contributed by atoms with Gasteiger partial charge in [0.25, 0.3) is 0 Å². The molecule has 0 bridgehead atoms. The normalized spacial score (nSPS) is 10.2. The lowest BCUT2D eigenvalue weighted by molar-refractivity contribution is 0.101. The first-order valence-corrected chi connectivity index (χ1v) is 6.34. The Hall–Kier alpha value is -2.49. The molecule has 4 heteroatoms. The minimum absolute atomic E-state index is 0.0974. The van der Waals surface area contributed by atoms with E-state index in [0.717, 1.165) is 0 Å². The van der Waals surface area contributed by atoms with E-state index in [2.05, 4.69) is 10.3 Å². The summed E-state index contributed by atoms with van der Waals surface area (Å²) in [6.07, 6.45) is 0. The lowest BCUT2D eigenvalue weighted by atomic mass is 10.00. The van der Waals surface area contributed by atoms with Gasteiger partial charge in [0.15, 0.2) is 11.6 Å². The molecule has 0 unspecified atom stereocenters. The van der Waals surface area contributed by atoms with Gasteiger partial charge in [0.2, 0.25) is 0 Å². The number of carbonyl (C=O) groups excluding carboxylic acids is 2. The van der Waals surface area contributed by atoms with Crippen molar-refractivity contribution in [3.8, 4) is 0 Å². The van der Waals surface area contributed by atoms with Crippen LogP contribution >= 0.6 is 0 Å². The van der Waals surface area contributed by atoms with Gasteiger partial charge in [-0.25, -0.2) is 4.98 Å². The number of anilines is 1.